The molecule has 2 N–H and O–H groups in total. The number of H-pyrrole nitrogens is 1. The summed E-state index contributed by atoms with van der Waals surface area (Å²) in [6, 6.07) is 1.91. The third-order valence-electron chi connectivity index (χ3n) is 2.03. The molecule has 0 aliphatic heterocycles. The SMILES string of the molecule is O=S(=O)(Nc1c(F)cc(Br)cc1F)c1cn[nH]c1. The van der Waals surface area contributed by atoms with Gasteiger partial charge in [0.2, 0.25) is 0 Å². The molecule has 1 heterocycles. The minimum Gasteiger partial charge on any atom is -0.284 e. The monoisotopic (exact) mass is 337 g/mol. The number of rotatable bonds is 3. The molecule has 2 rings (SSSR count). The molecule has 2 aromatic rings. The molecule has 96 valence electrons. The Morgan fingerprint density at radius 2 is 1.89 bits per heavy atom. The van der Waals surface area contributed by atoms with E-state index in [-0.39, 0.29) is 9.37 Å². The topological polar surface area (TPSA) is 74.8 Å². The van der Waals surface area contributed by atoms with Crippen molar-refractivity contribution >= 4 is 31.6 Å². The Labute approximate surface area is 109 Å². The van der Waals surface area contributed by atoms with Gasteiger partial charge in [-0.3, -0.25) is 9.82 Å². The fourth-order valence-electron chi connectivity index (χ4n) is 1.22. The number of hydrogen-bond acceptors (Lipinski definition) is 3. The summed E-state index contributed by atoms with van der Waals surface area (Å²) in [5.74, 6) is -2.04. The Morgan fingerprint density at radius 3 is 2.39 bits per heavy atom. The maximum Gasteiger partial charge on any atom is 0.265 e. The van der Waals surface area contributed by atoms with Gasteiger partial charge in [-0.25, -0.2) is 17.2 Å². The quantitative estimate of drug-likeness (QED) is 0.901. The van der Waals surface area contributed by atoms with Gasteiger partial charge in [0.25, 0.3) is 10.0 Å². The van der Waals surface area contributed by atoms with Gasteiger partial charge in [0.15, 0.2) is 11.6 Å². The predicted octanol–water partition coefficient (Wildman–Crippen LogP) is 2.25. The van der Waals surface area contributed by atoms with Crippen molar-refractivity contribution in [3.05, 3.63) is 40.6 Å². The Morgan fingerprint density at radius 1 is 1.28 bits per heavy atom. The molecule has 1 aromatic carbocycles. The molecule has 0 atom stereocenters. The molecular formula is C9H6BrF2N3O2S. The number of halogens is 3. The highest BCUT2D eigenvalue weighted by molar-refractivity contribution is 9.10. The lowest BCUT2D eigenvalue weighted by Gasteiger charge is -2.08. The zero-order chi connectivity index (χ0) is 13.3. The van der Waals surface area contributed by atoms with Crippen LogP contribution in [0.2, 0.25) is 0 Å². The average Bonchev–Trinajstić information content (AvgIpc) is 2.77. The Balaban J connectivity index is 2.42. The van der Waals surface area contributed by atoms with Crippen LogP contribution in [0.1, 0.15) is 0 Å². The van der Waals surface area contributed by atoms with Gasteiger partial charge in [-0.1, -0.05) is 15.9 Å². The normalized spacial score (nSPS) is 11.5. The highest BCUT2D eigenvalue weighted by atomic mass is 79.9. The summed E-state index contributed by atoms with van der Waals surface area (Å²) >= 11 is 2.89. The minimum absolute atomic E-state index is 0.170. The van der Waals surface area contributed by atoms with Crippen LogP contribution in [0.5, 0.6) is 0 Å². The lowest BCUT2D eigenvalue weighted by molar-refractivity contribution is 0.582. The molecule has 0 saturated heterocycles. The van der Waals surface area contributed by atoms with E-state index in [0.29, 0.717) is 0 Å². The number of sulfonamides is 1. The average molecular weight is 338 g/mol. The molecular weight excluding hydrogens is 332 g/mol. The van der Waals surface area contributed by atoms with E-state index in [1.807, 2.05) is 4.72 Å². The maximum absolute atomic E-state index is 13.5. The largest absolute Gasteiger partial charge is 0.284 e. The van der Waals surface area contributed by atoms with Crippen molar-refractivity contribution in [3.8, 4) is 0 Å². The van der Waals surface area contributed by atoms with Crippen molar-refractivity contribution in [1.82, 2.24) is 10.2 Å². The molecule has 5 nitrogen and oxygen atoms in total. The summed E-state index contributed by atoms with van der Waals surface area (Å²) < 4.78 is 52.4. The van der Waals surface area contributed by atoms with Crippen LogP contribution in [0.4, 0.5) is 14.5 Å². The van der Waals surface area contributed by atoms with E-state index in [1.54, 1.807) is 0 Å². The molecule has 18 heavy (non-hydrogen) atoms. The van der Waals surface area contributed by atoms with Crippen LogP contribution in [0.3, 0.4) is 0 Å². The molecule has 0 aliphatic carbocycles. The van der Waals surface area contributed by atoms with Crippen molar-refractivity contribution in [3.63, 3.8) is 0 Å². The summed E-state index contributed by atoms with van der Waals surface area (Å²) in [5.41, 5.74) is -0.737. The van der Waals surface area contributed by atoms with Crippen molar-refractivity contribution < 1.29 is 17.2 Å². The number of benzene rings is 1. The third-order valence-corrected chi connectivity index (χ3v) is 3.80. The van der Waals surface area contributed by atoms with Crippen LogP contribution in [0, 0.1) is 11.6 Å². The predicted molar refractivity (Wildman–Crippen MR) is 63.5 cm³/mol. The van der Waals surface area contributed by atoms with E-state index in [2.05, 4.69) is 26.1 Å². The highest BCUT2D eigenvalue weighted by Gasteiger charge is 2.20. The van der Waals surface area contributed by atoms with Crippen LogP contribution >= 0.6 is 15.9 Å². The van der Waals surface area contributed by atoms with Crippen LogP contribution in [-0.4, -0.2) is 18.6 Å². The van der Waals surface area contributed by atoms with Gasteiger partial charge >= 0.3 is 0 Å². The van der Waals surface area contributed by atoms with Crippen molar-refractivity contribution in [2.45, 2.75) is 4.90 Å². The zero-order valence-corrected chi connectivity index (χ0v) is 11.0. The second-order valence-electron chi connectivity index (χ2n) is 3.28. The molecule has 0 radical (unpaired) electrons. The fraction of sp³-hybridized carbons (Fsp3) is 0. The number of hydrogen-bond donors (Lipinski definition) is 2. The van der Waals surface area contributed by atoms with Gasteiger partial charge in [-0.15, -0.1) is 0 Å². The smallest absolute Gasteiger partial charge is 0.265 e. The van der Waals surface area contributed by atoms with Crippen molar-refractivity contribution in [2.24, 2.45) is 0 Å². The molecule has 0 amide bonds. The summed E-state index contributed by atoms with van der Waals surface area (Å²) in [5, 5.41) is 5.75. The van der Waals surface area contributed by atoms with Crippen LogP contribution < -0.4 is 4.72 Å². The fourth-order valence-corrected chi connectivity index (χ4v) is 2.60. The lowest BCUT2D eigenvalue weighted by atomic mass is 10.3. The second-order valence-corrected chi connectivity index (χ2v) is 5.88. The first-order chi connectivity index (χ1) is 8.40. The summed E-state index contributed by atoms with van der Waals surface area (Å²) in [7, 11) is -4.07. The van der Waals surface area contributed by atoms with Gasteiger partial charge in [0, 0.05) is 10.7 Å². The Kier molecular flexibility index (Phi) is 3.35. The van der Waals surface area contributed by atoms with Crippen molar-refractivity contribution in [2.75, 3.05) is 4.72 Å². The third kappa shape index (κ3) is 2.51. The highest BCUT2D eigenvalue weighted by Crippen LogP contribution is 2.25. The number of aromatic nitrogens is 2. The molecule has 1 aromatic heterocycles. The van der Waals surface area contributed by atoms with E-state index in [4.69, 9.17) is 0 Å². The molecule has 0 spiro atoms. The first-order valence-corrected chi connectivity index (χ1v) is 6.84. The second kappa shape index (κ2) is 4.65. The summed E-state index contributed by atoms with van der Waals surface area (Å²) in [6.07, 6.45) is 2.12. The molecule has 0 unspecified atom stereocenters. The van der Waals surface area contributed by atoms with Gasteiger partial charge in [-0.05, 0) is 12.1 Å². The first-order valence-electron chi connectivity index (χ1n) is 4.56. The number of aromatic amines is 1. The maximum atomic E-state index is 13.5. The summed E-state index contributed by atoms with van der Waals surface area (Å²) in [4.78, 5) is -0.218. The Hall–Kier alpha value is -1.48. The molecule has 0 aliphatic rings. The van der Waals surface area contributed by atoms with Gasteiger partial charge < -0.3 is 0 Å². The lowest BCUT2D eigenvalue weighted by Crippen LogP contribution is -2.14. The Bertz CT molecular complexity index is 650. The number of nitrogens with zero attached hydrogens (tertiary/aromatic N) is 1. The zero-order valence-electron chi connectivity index (χ0n) is 8.62. The number of anilines is 1. The molecule has 0 bridgehead atoms. The van der Waals surface area contributed by atoms with E-state index >= 15 is 0 Å². The van der Waals surface area contributed by atoms with Gasteiger partial charge in [0.05, 0.1) is 6.20 Å². The minimum atomic E-state index is -4.07. The van der Waals surface area contributed by atoms with Crippen LogP contribution in [0.15, 0.2) is 33.9 Å². The van der Waals surface area contributed by atoms with E-state index in [0.717, 1.165) is 24.5 Å². The van der Waals surface area contributed by atoms with E-state index < -0.39 is 27.3 Å². The van der Waals surface area contributed by atoms with E-state index in [1.165, 1.54) is 0 Å². The van der Waals surface area contributed by atoms with Gasteiger partial charge in [0.1, 0.15) is 10.6 Å². The molecule has 9 heteroatoms. The van der Waals surface area contributed by atoms with Crippen LogP contribution in [-0.2, 0) is 10.0 Å². The standard InChI is InChI=1S/C9H6BrF2N3O2S/c10-5-1-7(11)9(8(12)2-5)15-18(16,17)6-3-13-14-4-6/h1-4,15H,(H,13,14). The molecule has 0 saturated carbocycles. The summed E-state index contributed by atoms with van der Waals surface area (Å²) in [6.45, 7) is 0. The van der Waals surface area contributed by atoms with E-state index in [9.17, 15) is 17.2 Å². The first kappa shape index (κ1) is 13.0. The van der Waals surface area contributed by atoms with Gasteiger partial charge in [-0.2, -0.15) is 5.10 Å². The number of nitrogens with one attached hydrogen (secondary N) is 2. The molecule has 0 fully saturated rings. The van der Waals surface area contributed by atoms with Crippen molar-refractivity contribution in [1.29, 1.82) is 0 Å². The van der Waals surface area contributed by atoms with Crippen LogP contribution in [0.25, 0.3) is 0 Å².